The van der Waals surface area contributed by atoms with Crippen LogP contribution in [0.15, 0.2) is 41.1 Å². The molecule has 1 aliphatic rings. The number of aryl methyl sites for hydroxylation is 2. The van der Waals surface area contributed by atoms with Gasteiger partial charge in [-0.3, -0.25) is 4.79 Å². The third kappa shape index (κ3) is 4.81. The molecule has 3 heterocycles. The largest absolute Gasteiger partial charge is 0.356 e. The van der Waals surface area contributed by atoms with Gasteiger partial charge < -0.3 is 9.42 Å². The highest BCUT2D eigenvalue weighted by Crippen LogP contribution is 2.36. The van der Waals surface area contributed by atoms with Crippen LogP contribution in [0, 0.1) is 12.7 Å². The molecule has 1 unspecified atom stereocenters. The number of likely N-dealkylation sites (tertiary alicyclic amines) is 1. The Kier molecular flexibility index (Phi) is 6.39. The summed E-state index contributed by atoms with van der Waals surface area (Å²) in [5, 5.41) is 4.01. The summed E-state index contributed by atoms with van der Waals surface area (Å²) < 4.78 is 19.1. The van der Waals surface area contributed by atoms with Crippen molar-refractivity contribution in [3.8, 4) is 11.3 Å². The maximum absolute atomic E-state index is 13.6. The van der Waals surface area contributed by atoms with Gasteiger partial charge >= 0.3 is 0 Å². The van der Waals surface area contributed by atoms with Gasteiger partial charge in [-0.15, -0.1) is 0 Å². The number of amides is 1. The molecule has 1 aliphatic heterocycles. The summed E-state index contributed by atoms with van der Waals surface area (Å²) in [7, 11) is 0. The number of aromatic nitrogens is 3. The molecule has 162 valence electrons. The van der Waals surface area contributed by atoms with Gasteiger partial charge in [0, 0.05) is 25.2 Å². The number of hydrogen-bond acceptors (Lipinski definition) is 5. The van der Waals surface area contributed by atoms with Crippen molar-refractivity contribution in [2.24, 2.45) is 0 Å². The van der Waals surface area contributed by atoms with Crippen LogP contribution in [0.25, 0.3) is 11.3 Å². The molecule has 7 heteroatoms. The fraction of sp³-hybridized carbons (Fsp3) is 0.417. The monoisotopic (exact) mass is 422 g/mol. The van der Waals surface area contributed by atoms with E-state index in [2.05, 4.69) is 17.1 Å². The second kappa shape index (κ2) is 9.37. The lowest BCUT2D eigenvalue weighted by Crippen LogP contribution is -2.40. The Hall–Kier alpha value is -3.09. The molecular formula is C24H27FN4O2. The summed E-state index contributed by atoms with van der Waals surface area (Å²) in [5.41, 5.74) is 3.04. The molecule has 31 heavy (non-hydrogen) atoms. The quantitative estimate of drug-likeness (QED) is 0.569. The number of benzene rings is 1. The van der Waals surface area contributed by atoms with Crippen molar-refractivity contribution in [2.45, 2.75) is 58.4 Å². The summed E-state index contributed by atoms with van der Waals surface area (Å²) in [5.74, 6) is 1.02. The van der Waals surface area contributed by atoms with Gasteiger partial charge in [0.1, 0.15) is 11.6 Å². The van der Waals surface area contributed by atoms with E-state index in [4.69, 9.17) is 9.51 Å². The van der Waals surface area contributed by atoms with Crippen LogP contribution >= 0.6 is 0 Å². The number of hydrogen-bond donors (Lipinski definition) is 0. The lowest BCUT2D eigenvalue weighted by molar-refractivity contribution is -0.134. The van der Waals surface area contributed by atoms with Gasteiger partial charge in [-0.1, -0.05) is 24.2 Å². The molecule has 0 radical (unpaired) electrons. The fourth-order valence-electron chi connectivity index (χ4n) is 4.15. The number of carbonyl (C=O) groups excluding carboxylic acids is 1. The molecule has 3 aromatic rings. The molecule has 0 bridgehead atoms. The highest BCUT2D eigenvalue weighted by Gasteiger charge is 2.32. The predicted octanol–water partition coefficient (Wildman–Crippen LogP) is 4.83. The number of carbonyl (C=O) groups is 1. The number of piperidine rings is 1. The van der Waals surface area contributed by atoms with Gasteiger partial charge in [0.05, 0.1) is 29.4 Å². The Bertz CT molecular complexity index is 1070. The van der Waals surface area contributed by atoms with Crippen molar-refractivity contribution in [1.82, 2.24) is 20.0 Å². The second-order valence-electron chi connectivity index (χ2n) is 8.07. The van der Waals surface area contributed by atoms with Crippen molar-refractivity contribution in [1.29, 1.82) is 0 Å². The van der Waals surface area contributed by atoms with E-state index in [1.165, 1.54) is 12.1 Å². The van der Waals surface area contributed by atoms with Crippen LogP contribution in [-0.4, -0.2) is 32.5 Å². The van der Waals surface area contributed by atoms with Crippen LogP contribution in [-0.2, 0) is 17.6 Å². The van der Waals surface area contributed by atoms with Gasteiger partial charge in [-0.25, -0.2) is 14.4 Å². The minimum absolute atomic E-state index is 0.0225. The molecule has 2 aromatic heterocycles. The SMILES string of the molecule is CCCc1ncc(-c2cc(C)no2)c(C2CCCCN2C(=O)Cc2cccc(F)c2)n1. The van der Waals surface area contributed by atoms with Crippen molar-refractivity contribution in [3.63, 3.8) is 0 Å². The van der Waals surface area contributed by atoms with Gasteiger partial charge in [-0.05, 0) is 50.3 Å². The predicted molar refractivity (Wildman–Crippen MR) is 115 cm³/mol. The summed E-state index contributed by atoms with van der Waals surface area (Å²) in [6, 6.07) is 7.92. The van der Waals surface area contributed by atoms with Crippen molar-refractivity contribution in [2.75, 3.05) is 6.54 Å². The van der Waals surface area contributed by atoms with Gasteiger partial charge in [0.2, 0.25) is 5.91 Å². The summed E-state index contributed by atoms with van der Waals surface area (Å²) >= 11 is 0. The zero-order chi connectivity index (χ0) is 21.8. The molecule has 6 nitrogen and oxygen atoms in total. The molecule has 1 saturated heterocycles. The van der Waals surface area contributed by atoms with Crippen molar-refractivity contribution >= 4 is 5.91 Å². The average Bonchev–Trinajstić information content (AvgIpc) is 3.20. The van der Waals surface area contributed by atoms with E-state index in [0.29, 0.717) is 17.9 Å². The molecule has 0 spiro atoms. The Morgan fingerprint density at radius 3 is 2.90 bits per heavy atom. The Labute approximate surface area is 181 Å². The second-order valence-corrected chi connectivity index (χ2v) is 8.07. The lowest BCUT2D eigenvalue weighted by atomic mass is 9.94. The number of rotatable bonds is 6. The van der Waals surface area contributed by atoms with E-state index in [0.717, 1.165) is 54.9 Å². The molecule has 1 amide bonds. The standard InChI is InChI=1S/C24H27FN4O2/c1-3-7-22-26-15-19(21-12-16(2)28-31-21)24(27-22)20-10-4-5-11-29(20)23(30)14-17-8-6-9-18(25)13-17/h6,8-9,12-13,15,20H,3-5,7,10-11,14H2,1-2H3. The van der Waals surface area contributed by atoms with Crippen LogP contribution < -0.4 is 0 Å². The van der Waals surface area contributed by atoms with E-state index in [1.807, 2.05) is 17.9 Å². The summed E-state index contributed by atoms with van der Waals surface area (Å²) in [6.45, 7) is 4.61. The number of nitrogens with zero attached hydrogens (tertiary/aromatic N) is 4. The summed E-state index contributed by atoms with van der Waals surface area (Å²) in [4.78, 5) is 24.5. The van der Waals surface area contributed by atoms with Crippen LogP contribution in [0.4, 0.5) is 4.39 Å². The van der Waals surface area contributed by atoms with E-state index in [-0.39, 0.29) is 24.2 Å². The lowest BCUT2D eigenvalue weighted by Gasteiger charge is -2.36. The van der Waals surface area contributed by atoms with E-state index in [1.54, 1.807) is 18.3 Å². The van der Waals surface area contributed by atoms with Crippen LogP contribution in [0.3, 0.4) is 0 Å². The minimum Gasteiger partial charge on any atom is -0.356 e. The molecule has 0 saturated carbocycles. The third-order valence-corrected chi connectivity index (χ3v) is 5.62. The highest BCUT2D eigenvalue weighted by molar-refractivity contribution is 5.79. The van der Waals surface area contributed by atoms with Crippen LogP contribution in [0.5, 0.6) is 0 Å². The van der Waals surface area contributed by atoms with E-state index < -0.39 is 0 Å². The highest BCUT2D eigenvalue weighted by atomic mass is 19.1. The molecule has 4 rings (SSSR count). The Balaban J connectivity index is 1.69. The Morgan fingerprint density at radius 1 is 1.29 bits per heavy atom. The number of halogens is 1. The zero-order valence-electron chi connectivity index (χ0n) is 18.0. The topological polar surface area (TPSA) is 72.1 Å². The fourth-order valence-corrected chi connectivity index (χ4v) is 4.15. The first-order valence-electron chi connectivity index (χ1n) is 10.9. The molecule has 0 aliphatic carbocycles. The maximum Gasteiger partial charge on any atom is 0.227 e. The first-order chi connectivity index (χ1) is 15.0. The third-order valence-electron chi connectivity index (χ3n) is 5.62. The smallest absolute Gasteiger partial charge is 0.227 e. The molecule has 1 aromatic carbocycles. The molecule has 0 N–H and O–H groups in total. The van der Waals surface area contributed by atoms with Crippen molar-refractivity contribution in [3.05, 3.63) is 65.1 Å². The van der Waals surface area contributed by atoms with E-state index >= 15 is 0 Å². The maximum atomic E-state index is 13.6. The van der Waals surface area contributed by atoms with Gasteiger partial charge in [0.25, 0.3) is 0 Å². The van der Waals surface area contributed by atoms with Crippen molar-refractivity contribution < 1.29 is 13.7 Å². The van der Waals surface area contributed by atoms with Gasteiger partial charge in [-0.2, -0.15) is 0 Å². The first-order valence-corrected chi connectivity index (χ1v) is 10.9. The van der Waals surface area contributed by atoms with Gasteiger partial charge in [0.15, 0.2) is 5.76 Å². The Morgan fingerprint density at radius 2 is 2.16 bits per heavy atom. The normalized spacial score (nSPS) is 16.5. The minimum atomic E-state index is -0.330. The average molecular weight is 423 g/mol. The molecule has 1 fully saturated rings. The first kappa shape index (κ1) is 21.2. The van der Waals surface area contributed by atoms with E-state index in [9.17, 15) is 9.18 Å². The summed E-state index contributed by atoms with van der Waals surface area (Å²) in [6.07, 6.45) is 6.43. The molecule has 1 atom stereocenters. The molecular weight excluding hydrogens is 395 g/mol. The van der Waals surface area contributed by atoms with Crippen LogP contribution in [0.1, 0.15) is 61.4 Å². The zero-order valence-corrected chi connectivity index (χ0v) is 18.0. The van der Waals surface area contributed by atoms with Crippen LogP contribution in [0.2, 0.25) is 0 Å².